The number of likely N-dealkylation sites (tertiary alicyclic amines) is 1. The number of benzene rings is 2. The monoisotopic (exact) mass is 514 g/mol. The normalized spacial score (nSPS) is 14.8. The van der Waals surface area contributed by atoms with E-state index in [0.717, 1.165) is 83.7 Å². The Labute approximate surface area is 226 Å². The minimum atomic E-state index is 0.420. The Morgan fingerprint density at radius 1 is 0.846 bits per heavy atom. The van der Waals surface area contributed by atoms with E-state index in [1.807, 2.05) is 48.0 Å². The maximum atomic E-state index is 4.97. The molecule has 1 fully saturated rings. The van der Waals surface area contributed by atoms with E-state index >= 15 is 0 Å². The fourth-order valence-electron chi connectivity index (χ4n) is 5.52. The summed E-state index contributed by atoms with van der Waals surface area (Å²) in [6.45, 7) is 5.04. The molecular weight excluding hydrogens is 484 g/mol. The molecule has 0 atom stereocenters. The van der Waals surface area contributed by atoms with Crippen molar-refractivity contribution in [2.75, 3.05) is 13.1 Å². The molecule has 0 unspecified atom stereocenters. The number of hydrogen-bond donors (Lipinski definition) is 2. The van der Waals surface area contributed by atoms with E-state index in [9.17, 15) is 0 Å². The van der Waals surface area contributed by atoms with Crippen LogP contribution in [0.5, 0.6) is 0 Å². The molecule has 194 valence electrons. The van der Waals surface area contributed by atoms with E-state index in [-0.39, 0.29) is 0 Å². The molecule has 5 heterocycles. The first-order chi connectivity index (χ1) is 19.2. The van der Waals surface area contributed by atoms with Gasteiger partial charge in [-0.15, -0.1) is 0 Å². The number of piperidine rings is 1. The molecule has 8 heteroatoms. The molecular formula is C31H30N8. The van der Waals surface area contributed by atoms with Gasteiger partial charge in [0.25, 0.3) is 0 Å². The maximum absolute atomic E-state index is 4.97. The minimum Gasteiger partial charge on any atom is -0.359 e. The quantitative estimate of drug-likeness (QED) is 0.290. The van der Waals surface area contributed by atoms with Crippen LogP contribution < -0.4 is 0 Å². The fourth-order valence-corrected chi connectivity index (χ4v) is 5.52. The van der Waals surface area contributed by atoms with E-state index in [2.05, 4.69) is 68.6 Å². The Kier molecular flexibility index (Phi) is 6.01. The topological polar surface area (TPSA) is 90.8 Å². The molecule has 0 bridgehead atoms. The van der Waals surface area contributed by atoms with Crippen LogP contribution in [0.4, 0.5) is 0 Å². The summed E-state index contributed by atoms with van der Waals surface area (Å²) in [5, 5.41) is 12.3. The number of hydrogen-bond acceptors (Lipinski definition) is 5. The smallest absolute Gasteiger partial charge is 0.197 e. The second-order valence-corrected chi connectivity index (χ2v) is 10.3. The van der Waals surface area contributed by atoms with Gasteiger partial charge in [-0.25, -0.2) is 14.5 Å². The van der Waals surface area contributed by atoms with Crippen molar-refractivity contribution in [1.29, 1.82) is 0 Å². The molecule has 1 saturated heterocycles. The largest absolute Gasteiger partial charge is 0.359 e. The first kappa shape index (κ1) is 23.5. The SMILES string of the molecule is Cc1ccc2nc(-c3ccc(CN4CCC(c5nc(-c6ccc[nH]6)n[nH]5)CC4)cc3)c(-c3ccccc3)n2n1. The number of aryl methyl sites for hydroxylation is 1. The van der Waals surface area contributed by atoms with Gasteiger partial charge in [0.1, 0.15) is 11.5 Å². The molecule has 39 heavy (non-hydrogen) atoms. The van der Waals surface area contributed by atoms with E-state index in [1.54, 1.807) is 0 Å². The van der Waals surface area contributed by atoms with Gasteiger partial charge in [0.2, 0.25) is 0 Å². The van der Waals surface area contributed by atoms with Crippen LogP contribution in [0.25, 0.3) is 39.7 Å². The summed E-state index contributed by atoms with van der Waals surface area (Å²) in [6, 6.07) is 27.3. The van der Waals surface area contributed by atoms with E-state index in [0.29, 0.717) is 5.92 Å². The number of aromatic nitrogens is 7. The molecule has 1 aliphatic rings. The molecule has 6 aromatic rings. The van der Waals surface area contributed by atoms with Gasteiger partial charge in [-0.05, 0) is 62.7 Å². The van der Waals surface area contributed by atoms with Crippen molar-refractivity contribution >= 4 is 5.65 Å². The first-order valence-corrected chi connectivity index (χ1v) is 13.5. The third kappa shape index (κ3) is 4.64. The summed E-state index contributed by atoms with van der Waals surface area (Å²) in [5.41, 5.74) is 8.27. The number of nitrogens with zero attached hydrogens (tertiary/aromatic N) is 6. The highest BCUT2D eigenvalue weighted by atomic mass is 15.3. The number of rotatable bonds is 6. The molecule has 7 rings (SSSR count). The van der Waals surface area contributed by atoms with Crippen LogP contribution in [-0.4, -0.2) is 52.8 Å². The van der Waals surface area contributed by atoms with E-state index in [4.69, 9.17) is 15.1 Å². The Bertz CT molecular complexity index is 1690. The van der Waals surface area contributed by atoms with Crippen LogP contribution in [0.3, 0.4) is 0 Å². The van der Waals surface area contributed by atoms with Gasteiger partial charge in [-0.1, -0.05) is 54.6 Å². The summed E-state index contributed by atoms with van der Waals surface area (Å²) in [6.07, 6.45) is 4.05. The lowest BCUT2D eigenvalue weighted by Crippen LogP contribution is -2.32. The third-order valence-corrected chi connectivity index (χ3v) is 7.61. The maximum Gasteiger partial charge on any atom is 0.197 e. The molecule has 0 saturated carbocycles. The number of imidazole rings is 1. The Balaban J connectivity index is 1.06. The van der Waals surface area contributed by atoms with Gasteiger partial charge in [0.05, 0.1) is 17.1 Å². The molecule has 1 aliphatic heterocycles. The lowest BCUT2D eigenvalue weighted by Gasteiger charge is -2.30. The average Bonchev–Trinajstić information content (AvgIpc) is 3.74. The zero-order valence-electron chi connectivity index (χ0n) is 21.9. The van der Waals surface area contributed by atoms with Crippen LogP contribution in [0, 0.1) is 6.92 Å². The minimum absolute atomic E-state index is 0.420. The highest BCUT2D eigenvalue weighted by Gasteiger charge is 2.24. The predicted molar refractivity (Wildman–Crippen MR) is 152 cm³/mol. The zero-order chi connectivity index (χ0) is 26.2. The summed E-state index contributed by atoms with van der Waals surface area (Å²) >= 11 is 0. The average molecular weight is 515 g/mol. The third-order valence-electron chi connectivity index (χ3n) is 7.61. The number of aromatic amines is 2. The molecule has 8 nitrogen and oxygen atoms in total. The van der Waals surface area contributed by atoms with Crippen molar-refractivity contribution < 1.29 is 0 Å². The number of H-pyrrole nitrogens is 2. The Hall–Kier alpha value is -4.56. The molecule has 0 amide bonds. The summed E-state index contributed by atoms with van der Waals surface area (Å²) in [4.78, 5) is 15.4. The van der Waals surface area contributed by atoms with Gasteiger partial charge in [0.15, 0.2) is 11.5 Å². The number of fused-ring (bicyclic) bond motifs is 1. The second-order valence-electron chi connectivity index (χ2n) is 10.3. The molecule has 0 aliphatic carbocycles. The molecule has 2 aromatic carbocycles. The lowest BCUT2D eigenvalue weighted by atomic mass is 9.95. The Morgan fingerprint density at radius 3 is 2.44 bits per heavy atom. The van der Waals surface area contributed by atoms with E-state index in [1.165, 1.54) is 5.56 Å². The molecule has 0 radical (unpaired) electrons. The fraction of sp³-hybridized carbons (Fsp3) is 0.226. The van der Waals surface area contributed by atoms with Crippen molar-refractivity contribution in [3.63, 3.8) is 0 Å². The van der Waals surface area contributed by atoms with Gasteiger partial charge < -0.3 is 4.98 Å². The zero-order valence-corrected chi connectivity index (χ0v) is 21.9. The van der Waals surface area contributed by atoms with Crippen LogP contribution in [-0.2, 0) is 6.54 Å². The number of nitrogens with one attached hydrogen (secondary N) is 2. The first-order valence-electron chi connectivity index (χ1n) is 13.5. The standard InChI is InChI=1S/C31H30N8/c1-21-9-14-27-33-28(29(39(27)37-21)24-6-3-2-4-7-24)23-12-10-22(11-13-23)20-38-18-15-25(16-19-38)30-34-31(36-35-30)26-8-5-17-32-26/h2-14,17,25,32H,15-16,18-20H2,1H3,(H,34,35,36). The molecule has 4 aromatic heterocycles. The van der Waals surface area contributed by atoms with Crippen molar-refractivity contribution in [1.82, 2.24) is 39.7 Å². The van der Waals surface area contributed by atoms with Gasteiger partial charge in [-0.2, -0.15) is 10.2 Å². The molecule has 0 spiro atoms. The van der Waals surface area contributed by atoms with Crippen molar-refractivity contribution in [3.8, 4) is 34.0 Å². The highest BCUT2D eigenvalue weighted by molar-refractivity contribution is 5.81. The summed E-state index contributed by atoms with van der Waals surface area (Å²) in [7, 11) is 0. The predicted octanol–water partition coefficient (Wildman–Crippen LogP) is 5.86. The van der Waals surface area contributed by atoms with Gasteiger partial charge in [0, 0.05) is 29.8 Å². The van der Waals surface area contributed by atoms with Crippen molar-refractivity contribution in [3.05, 3.63) is 102 Å². The van der Waals surface area contributed by atoms with Crippen LogP contribution in [0.2, 0.25) is 0 Å². The van der Waals surface area contributed by atoms with Crippen LogP contribution in [0.15, 0.2) is 85.1 Å². The second kappa shape index (κ2) is 9.96. The Morgan fingerprint density at radius 2 is 1.67 bits per heavy atom. The lowest BCUT2D eigenvalue weighted by molar-refractivity contribution is 0.202. The summed E-state index contributed by atoms with van der Waals surface area (Å²) in [5.74, 6) is 2.16. The van der Waals surface area contributed by atoms with Crippen LogP contribution in [0.1, 0.15) is 35.8 Å². The summed E-state index contributed by atoms with van der Waals surface area (Å²) < 4.78 is 1.97. The van der Waals surface area contributed by atoms with Crippen LogP contribution >= 0.6 is 0 Å². The van der Waals surface area contributed by atoms with Gasteiger partial charge >= 0.3 is 0 Å². The molecule has 2 N–H and O–H groups in total. The van der Waals surface area contributed by atoms with Crippen molar-refractivity contribution in [2.45, 2.75) is 32.2 Å². The van der Waals surface area contributed by atoms with Crippen molar-refractivity contribution in [2.24, 2.45) is 0 Å². The van der Waals surface area contributed by atoms with E-state index < -0.39 is 0 Å². The highest BCUT2D eigenvalue weighted by Crippen LogP contribution is 2.33. The van der Waals surface area contributed by atoms with Gasteiger partial charge in [-0.3, -0.25) is 10.00 Å².